The van der Waals surface area contributed by atoms with Crippen LogP contribution in [-0.4, -0.2) is 42.4 Å². The first kappa shape index (κ1) is 21.7. The van der Waals surface area contributed by atoms with Crippen molar-refractivity contribution in [2.75, 3.05) is 18.9 Å². The highest BCUT2D eigenvalue weighted by atomic mass is 32.2. The van der Waals surface area contributed by atoms with Crippen molar-refractivity contribution in [1.29, 1.82) is 0 Å². The number of rotatable bonds is 8. The zero-order valence-corrected chi connectivity index (χ0v) is 18.4. The quantitative estimate of drug-likeness (QED) is 0.425. The van der Waals surface area contributed by atoms with Crippen LogP contribution in [0, 0.1) is 0 Å². The molecule has 10 heteroatoms. The van der Waals surface area contributed by atoms with Crippen molar-refractivity contribution in [2.45, 2.75) is 24.7 Å². The normalized spacial score (nSPS) is 11.8. The van der Waals surface area contributed by atoms with Crippen molar-refractivity contribution in [3.8, 4) is 11.7 Å². The Labute approximate surface area is 185 Å². The average Bonchev–Trinajstić information content (AvgIpc) is 3.44. The number of furan rings is 1. The van der Waals surface area contributed by atoms with Crippen LogP contribution >= 0.6 is 0 Å². The van der Waals surface area contributed by atoms with Gasteiger partial charge in [-0.3, -0.25) is 10.1 Å². The number of sulfonamides is 1. The largest absolute Gasteiger partial charge is 0.451 e. The van der Waals surface area contributed by atoms with Gasteiger partial charge in [0.15, 0.2) is 5.76 Å². The number of anilines is 1. The smallest absolute Gasteiger partial charge is 0.322 e. The van der Waals surface area contributed by atoms with Crippen LogP contribution in [0.15, 0.2) is 68.3 Å². The molecule has 0 aliphatic carbocycles. The van der Waals surface area contributed by atoms with Crippen LogP contribution in [0.3, 0.4) is 0 Å². The van der Waals surface area contributed by atoms with Crippen molar-refractivity contribution in [2.24, 2.45) is 0 Å². The fraction of sp³-hybridized carbons (Fsp3) is 0.227. The van der Waals surface area contributed by atoms with Crippen LogP contribution in [0.4, 0.5) is 6.01 Å². The van der Waals surface area contributed by atoms with Gasteiger partial charge in [0.05, 0.1) is 4.90 Å². The first-order valence-corrected chi connectivity index (χ1v) is 11.5. The molecule has 2 aromatic carbocycles. The van der Waals surface area contributed by atoms with Gasteiger partial charge >= 0.3 is 6.01 Å². The molecule has 0 saturated carbocycles. The second-order valence-electron chi connectivity index (χ2n) is 7.22. The summed E-state index contributed by atoms with van der Waals surface area (Å²) in [4.78, 5) is 12.6. The number of aromatic nitrogens is 2. The minimum atomic E-state index is -3.60. The third kappa shape index (κ3) is 4.41. The second-order valence-corrected chi connectivity index (χ2v) is 9.26. The molecule has 0 bridgehead atoms. The summed E-state index contributed by atoms with van der Waals surface area (Å²) in [6.45, 7) is 2.43. The molecule has 0 unspecified atom stereocenters. The molecule has 2 aromatic heterocycles. The lowest BCUT2D eigenvalue weighted by Gasteiger charge is -2.16. The van der Waals surface area contributed by atoms with Gasteiger partial charge in [-0.15, -0.1) is 5.10 Å². The van der Waals surface area contributed by atoms with E-state index in [1.54, 1.807) is 13.1 Å². The number of carbonyl (C=O) groups is 1. The minimum absolute atomic E-state index is 0.0959. The monoisotopic (exact) mass is 454 g/mol. The molecule has 0 spiro atoms. The Hall–Kier alpha value is -3.50. The third-order valence-corrected chi connectivity index (χ3v) is 6.80. The Balaban J connectivity index is 1.45. The zero-order chi connectivity index (χ0) is 22.7. The molecule has 4 aromatic rings. The number of carbonyl (C=O) groups excluding carboxylic acids is 1. The second kappa shape index (κ2) is 8.93. The maximum absolute atomic E-state index is 12.6. The minimum Gasteiger partial charge on any atom is -0.451 e. The molecule has 0 atom stereocenters. The Morgan fingerprint density at radius 1 is 1.06 bits per heavy atom. The predicted molar refractivity (Wildman–Crippen MR) is 119 cm³/mol. The summed E-state index contributed by atoms with van der Waals surface area (Å²) in [5.41, 5.74) is 0.935. The third-order valence-electron chi connectivity index (χ3n) is 4.93. The van der Waals surface area contributed by atoms with Crippen LogP contribution in [0.25, 0.3) is 22.6 Å². The van der Waals surface area contributed by atoms with Crippen molar-refractivity contribution < 1.29 is 22.0 Å². The van der Waals surface area contributed by atoms with Crippen LogP contribution in [0.5, 0.6) is 0 Å². The highest BCUT2D eigenvalue weighted by Gasteiger charge is 2.21. The van der Waals surface area contributed by atoms with E-state index in [2.05, 4.69) is 15.5 Å². The summed E-state index contributed by atoms with van der Waals surface area (Å²) in [5.74, 6) is 0.0158. The van der Waals surface area contributed by atoms with Crippen LogP contribution in [0.2, 0.25) is 0 Å². The van der Waals surface area contributed by atoms with Gasteiger partial charge in [-0.1, -0.05) is 36.6 Å². The summed E-state index contributed by atoms with van der Waals surface area (Å²) in [6.07, 6.45) is 1.67. The van der Waals surface area contributed by atoms with Crippen molar-refractivity contribution >= 4 is 32.9 Å². The molecular formula is C22H22N4O5S. The summed E-state index contributed by atoms with van der Waals surface area (Å²) in [5, 5.41) is 11.1. The molecule has 4 rings (SSSR count). The first-order valence-electron chi connectivity index (χ1n) is 10.1. The molecule has 0 fully saturated rings. The van der Waals surface area contributed by atoms with Gasteiger partial charge in [-0.2, -0.15) is 0 Å². The number of nitrogens with one attached hydrogen (secondary N) is 1. The molecule has 0 aliphatic rings. The highest BCUT2D eigenvalue weighted by Crippen LogP contribution is 2.27. The van der Waals surface area contributed by atoms with Gasteiger partial charge < -0.3 is 8.83 Å². The Kier molecular flexibility index (Phi) is 6.06. The molecule has 1 amide bonds. The predicted octanol–water partition coefficient (Wildman–Crippen LogP) is 4.16. The summed E-state index contributed by atoms with van der Waals surface area (Å²) in [7, 11) is -2.06. The maximum atomic E-state index is 12.6. The molecular weight excluding hydrogens is 432 g/mol. The van der Waals surface area contributed by atoms with Gasteiger partial charge in [-0.05, 0) is 42.8 Å². The fourth-order valence-electron chi connectivity index (χ4n) is 3.09. The molecule has 166 valence electrons. The van der Waals surface area contributed by atoms with Gasteiger partial charge in [0.25, 0.3) is 11.8 Å². The van der Waals surface area contributed by atoms with E-state index in [0.717, 1.165) is 18.2 Å². The summed E-state index contributed by atoms with van der Waals surface area (Å²) < 4.78 is 37.7. The van der Waals surface area contributed by atoms with E-state index in [1.807, 2.05) is 31.2 Å². The van der Waals surface area contributed by atoms with E-state index >= 15 is 0 Å². The van der Waals surface area contributed by atoms with Gasteiger partial charge in [0.1, 0.15) is 5.58 Å². The number of benzene rings is 2. The maximum Gasteiger partial charge on any atom is 0.322 e. The van der Waals surface area contributed by atoms with Crippen molar-refractivity contribution in [3.63, 3.8) is 0 Å². The average molecular weight is 455 g/mol. The van der Waals surface area contributed by atoms with E-state index < -0.39 is 15.9 Å². The number of fused-ring (bicyclic) bond motifs is 1. The standard InChI is InChI=1S/C22H22N4O5S/c1-3-4-13-26(2)32(28,29)17-11-9-15(10-12-17)20(27)23-22-25-24-21(31-22)19-14-16-7-5-6-8-18(16)30-19/h5-12,14H,3-4,13H2,1-2H3,(H,23,25,27). The lowest BCUT2D eigenvalue weighted by atomic mass is 10.2. The topological polar surface area (TPSA) is 119 Å². The Morgan fingerprint density at radius 3 is 2.53 bits per heavy atom. The van der Waals surface area contributed by atoms with Gasteiger partial charge in [0, 0.05) is 24.5 Å². The summed E-state index contributed by atoms with van der Waals surface area (Å²) >= 11 is 0. The van der Waals surface area contributed by atoms with E-state index in [1.165, 1.54) is 28.6 Å². The Bertz CT molecular complexity index is 1310. The summed E-state index contributed by atoms with van der Waals surface area (Å²) in [6, 6.07) is 14.8. The van der Waals surface area contributed by atoms with Gasteiger partial charge in [-0.25, -0.2) is 12.7 Å². The lowest BCUT2D eigenvalue weighted by molar-refractivity contribution is 0.102. The first-order chi connectivity index (χ1) is 15.4. The fourth-order valence-corrected chi connectivity index (χ4v) is 4.30. The SMILES string of the molecule is CCCCN(C)S(=O)(=O)c1ccc(C(=O)Nc2nnc(-c3cc4ccccc4o3)o2)cc1. The number of para-hydroxylation sites is 1. The number of nitrogens with zero attached hydrogens (tertiary/aromatic N) is 3. The molecule has 32 heavy (non-hydrogen) atoms. The molecule has 0 radical (unpaired) electrons. The molecule has 1 N–H and O–H groups in total. The van der Waals surface area contributed by atoms with E-state index in [-0.39, 0.29) is 22.4 Å². The van der Waals surface area contributed by atoms with Gasteiger partial charge in [0.2, 0.25) is 10.0 Å². The van der Waals surface area contributed by atoms with E-state index in [4.69, 9.17) is 8.83 Å². The van der Waals surface area contributed by atoms with Crippen LogP contribution in [0.1, 0.15) is 30.1 Å². The van der Waals surface area contributed by atoms with Crippen LogP contribution in [-0.2, 0) is 10.0 Å². The molecule has 0 saturated heterocycles. The number of hydrogen-bond donors (Lipinski definition) is 1. The van der Waals surface area contributed by atoms with Crippen molar-refractivity contribution in [1.82, 2.24) is 14.5 Å². The van der Waals surface area contributed by atoms with E-state index in [0.29, 0.717) is 17.9 Å². The number of amides is 1. The van der Waals surface area contributed by atoms with Crippen LogP contribution < -0.4 is 5.32 Å². The molecule has 9 nitrogen and oxygen atoms in total. The molecule has 2 heterocycles. The zero-order valence-electron chi connectivity index (χ0n) is 17.6. The lowest BCUT2D eigenvalue weighted by Crippen LogP contribution is -2.28. The number of hydrogen-bond acceptors (Lipinski definition) is 7. The van der Waals surface area contributed by atoms with E-state index in [9.17, 15) is 13.2 Å². The highest BCUT2D eigenvalue weighted by molar-refractivity contribution is 7.89. The molecule has 0 aliphatic heterocycles. The number of unbranched alkanes of at least 4 members (excludes halogenated alkanes) is 1. The van der Waals surface area contributed by atoms with Crippen molar-refractivity contribution in [3.05, 3.63) is 60.2 Å². The Morgan fingerprint density at radius 2 is 1.81 bits per heavy atom.